The predicted octanol–water partition coefficient (Wildman–Crippen LogP) is 1.07. The fourth-order valence-electron chi connectivity index (χ4n) is 0.204. The molecule has 28 valence electrons. The van der Waals surface area contributed by atoms with Crippen molar-refractivity contribution in [2.24, 2.45) is 0 Å². The van der Waals surface area contributed by atoms with Crippen molar-refractivity contribution in [3.8, 4) is 0 Å². The molecule has 0 amide bonds. The zero-order chi connectivity index (χ0) is 4.12. The Kier molecular flexibility index (Phi) is 5.77. The molecule has 0 bridgehead atoms. The Hall–Kier alpha value is 0.895. The van der Waals surface area contributed by atoms with Crippen LogP contribution >= 0.6 is 0 Å². The summed E-state index contributed by atoms with van der Waals surface area (Å²) < 4.78 is 7.27. The van der Waals surface area contributed by atoms with Crippen molar-refractivity contribution < 1.29 is 27.7 Å². The van der Waals surface area contributed by atoms with E-state index in [0.29, 0.717) is 0 Å². The minimum atomic E-state index is -0.644. The Morgan fingerprint density at radius 2 is 2.40 bits per heavy atom. The van der Waals surface area contributed by atoms with Crippen LogP contribution in [0.15, 0.2) is 0 Å². The molecule has 5 heavy (non-hydrogen) atoms. The molecule has 0 aromatic heterocycles. The Balaban J connectivity index is 2.19. The Morgan fingerprint density at radius 3 is 2.40 bits per heavy atom. The predicted molar refractivity (Wildman–Crippen MR) is 17.5 cm³/mol. The summed E-state index contributed by atoms with van der Waals surface area (Å²) in [6.07, 6.45) is 0. The summed E-state index contributed by atoms with van der Waals surface area (Å²) in [5.74, 6) is 0. The van der Waals surface area contributed by atoms with E-state index < -0.39 is 25.0 Å². The molecule has 0 atom stereocenters. The summed E-state index contributed by atoms with van der Waals surface area (Å²) in [7, 11) is 0. The van der Waals surface area contributed by atoms with Gasteiger partial charge in [0.25, 0.3) is 0 Å². The van der Waals surface area contributed by atoms with E-state index >= 15 is 0 Å². The monoisotopic (exact) mass is 262 g/mol. The van der Waals surface area contributed by atoms with Gasteiger partial charge in [0.05, 0.1) is 0 Å². The molecule has 0 unspecified atom stereocenters. The van der Waals surface area contributed by atoms with Crippen LogP contribution in [0.3, 0.4) is 0 Å². The molecule has 0 radical (unpaired) electrons. The first-order valence-corrected chi connectivity index (χ1v) is 9.73. The molecule has 0 aromatic rings. The van der Waals surface area contributed by atoms with Gasteiger partial charge >= 0.3 is 45.6 Å². The number of rotatable bonds is 2. The molecule has 0 aromatic carbocycles. The summed E-state index contributed by atoms with van der Waals surface area (Å²) in [4.78, 5) is 0. The van der Waals surface area contributed by atoms with Crippen LogP contribution in [0.2, 0.25) is 4.43 Å². The molecule has 1 nitrogen and oxygen atoms in total. The molecule has 0 fully saturated rings. The van der Waals surface area contributed by atoms with E-state index in [2.05, 4.69) is 4.43 Å². The van der Waals surface area contributed by atoms with Gasteiger partial charge in [-0.2, -0.15) is 0 Å². The van der Waals surface area contributed by atoms with E-state index in [-0.39, 0.29) is 0 Å². The Bertz CT molecular complexity index is 14.4. The normalized spacial score (nSPS) is 6.80. The molecular weight excluding hydrogens is 253 g/mol. The van der Waals surface area contributed by atoms with Crippen molar-refractivity contribution in [2.75, 3.05) is 6.61 Å². The van der Waals surface area contributed by atoms with Gasteiger partial charge in [-0.05, 0) is 0 Å². The molecule has 0 saturated carbocycles. The van der Waals surface area contributed by atoms with Crippen molar-refractivity contribution in [1.29, 1.82) is 0 Å². The second-order valence-electron chi connectivity index (χ2n) is 0.781. The minimum absolute atomic E-state index is 0.644. The molecule has 0 N–H and O–H groups in total. The molecule has 0 spiro atoms. The Morgan fingerprint density at radius 1 is 1.80 bits per heavy atom. The Labute approximate surface area is 45.8 Å². The van der Waals surface area contributed by atoms with Crippen molar-refractivity contribution in [3.63, 3.8) is 0 Å². The fraction of sp³-hybridized carbons (Fsp3) is 1.00. The summed E-state index contributed by atoms with van der Waals surface area (Å²) in [5, 5.41) is 0. The van der Waals surface area contributed by atoms with Crippen molar-refractivity contribution >= 4 is 0 Å². The van der Waals surface area contributed by atoms with Gasteiger partial charge in [0.1, 0.15) is 0 Å². The second-order valence-corrected chi connectivity index (χ2v) is 4.61. The average Bonchev–Trinajstić information content (AvgIpc) is 1.41. The quantitative estimate of drug-likeness (QED) is 0.675. The fourth-order valence-corrected chi connectivity index (χ4v) is 1.79. The molecule has 0 heterocycles. The standard InChI is InChI=1S/C2H5O.CH3.Hg/c1-2-3;;/h2H2,1H3;1H3;/q-1;;+1. The third kappa shape index (κ3) is 4.90. The van der Waals surface area contributed by atoms with Gasteiger partial charge in [-0.3, -0.25) is 0 Å². The van der Waals surface area contributed by atoms with E-state index in [0.717, 1.165) is 6.61 Å². The van der Waals surface area contributed by atoms with Gasteiger partial charge < -0.3 is 0 Å². The molecule has 2 heteroatoms. The van der Waals surface area contributed by atoms with Crippen molar-refractivity contribution in [3.05, 3.63) is 0 Å². The van der Waals surface area contributed by atoms with Gasteiger partial charge in [-0.1, -0.05) is 0 Å². The van der Waals surface area contributed by atoms with Crippen molar-refractivity contribution in [2.45, 2.75) is 11.4 Å². The van der Waals surface area contributed by atoms with Crippen LogP contribution in [0.4, 0.5) is 0 Å². The van der Waals surface area contributed by atoms with Crippen LogP contribution in [0, 0.1) is 0 Å². The van der Waals surface area contributed by atoms with Crippen LogP contribution in [-0.4, -0.2) is 6.61 Å². The van der Waals surface area contributed by atoms with Gasteiger partial charge in [0.2, 0.25) is 0 Å². The number of hydrogen-bond acceptors (Lipinski definition) is 1. The SMILES string of the molecule is CC[O][Hg][CH3]. The van der Waals surface area contributed by atoms with Crippen LogP contribution in [0.25, 0.3) is 0 Å². The first-order valence-electron chi connectivity index (χ1n) is 1.99. The van der Waals surface area contributed by atoms with E-state index in [1.807, 2.05) is 6.92 Å². The van der Waals surface area contributed by atoms with E-state index in [9.17, 15) is 0 Å². The zero-order valence-electron chi connectivity index (χ0n) is 3.82. The van der Waals surface area contributed by atoms with Gasteiger partial charge in [0, 0.05) is 0 Å². The number of hydrogen-bond donors (Lipinski definition) is 0. The van der Waals surface area contributed by atoms with Gasteiger partial charge in [0.15, 0.2) is 0 Å². The third-order valence-corrected chi connectivity index (χ3v) is 3.58. The summed E-state index contributed by atoms with van der Waals surface area (Å²) in [6.45, 7) is 2.99. The van der Waals surface area contributed by atoms with Gasteiger partial charge in [-0.15, -0.1) is 0 Å². The van der Waals surface area contributed by atoms with Crippen LogP contribution in [0.1, 0.15) is 6.92 Å². The summed E-state index contributed by atoms with van der Waals surface area (Å²) in [5.41, 5.74) is 0. The van der Waals surface area contributed by atoms with Crippen molar-refractivity contribution in [1.82, 2.24) is 0 Å². The third-order valence-electron chi connectivity index (χ3n) is 0.408. The first-order chi connectivity index (χ1) is 2.41. The first kappa shape index (κ1) is 5.90. The van der Waals surface area contributed by atoms with E-state index in [1.165, 1.54) is 0 Å². The molecule has 0 rings (SSSR count). The maximum atomic E-state index is 5.06. The summed E-state index contributed by atoms with van der Waals surface area (Å²) in [6, 6.07) is 0. The molecular formula is C3H8HgO. The zero-order valence-corrected chi connectivity index (χ0v) is 9.32. The molecule has 0 aliphatic carbocycles. The molecule has 0 aliphatic heterocycles. The second kappa shape index (κ2) is 4.90. The maximum absolute atomic E-state index is 5.06. The van der Waals surface area contributed by atoms with Gasteiger partial charge in [-0.25, -0.2) is 0 Å². The van der Waals surface area contributed by atoms with E-state index in [4.69, 9.17) is 2.64 Å². The average molecular weight is 261 g/mol. The molecule has 0 aliphatic rings. The molecule has 0 saturated heterocycles. The van der Waals surface area contributed by atoms with Crippen LogP contribution < -0.4 is 0 Å². The van der Waals surface area contributed by atoms with Crippen LogP contribution in [0.5, 0.6) is 0 Å². The van der Waals surface area contributed by atoms with Crippen LogP contribution in [-0.2, 0) is 27.7 Å². The topological polar surface area (TPSA) is 9.23 Å². The van der Waals surface area contributed by atoms with E-state index in [1.54, 1.807) is 0 Å². The summed E-state index contributed by atoms with van der Waals surface area (Å²) >= 11 is -0.644.